The third kappa shape index (κ3) is 6.39. The first-order chi connectivity index (χ1) is 10.9. The van der Waals surface area contributed by atoms with Gasteiger partial charge in [-0.05, 0) is 17.5 Å². The highest BCUT2D eigenvalue weighted by atomic mass is 15.7. The second kappa shape index (κ2) is 10.1. The molecule has 0 bridgehead atoms. The molecule has 22 heavy (non-hydrogen) atoms. The topological polar surface area (TPSA) is 27.3 Å². The third-order valence-corrected chi connectivity index (χ3v) is 3.62. The number of benzene rings is 2. The van der Waals surface area contributed by atoms with Gasteiger partial charge in [-0.2, -0.15) is 5.12 Å². The van der Waals surface area contributed by atoms with Crippen molar-refractivity contribution >= 4 is 0 Å². The molecule has 0 heterocycles. The van der Waals surface area contributed by atoms with Crippen LogP contribution in [0.2, 0.25) is 0 Å². The fourth-order valence-corrected chi connectivity index (χ4v) is 2.30. The Morgan fingerprint density at radius 1 is 0.727 bits per heavy atom. The smallest absolute Gasteiger partial charge is 0.0366 e. The minimum Gasteiger partial charge on any atom is -0.237 e. The molecule has 3 nitrogen and oxygen atoms in total. The Morgan fingerprint density at radius 2 is 1.23 bits per heavy atom. The van der Waals surface area contributed by atoms with Gasteiger partial charge < -0.3 is 0 Å². The lowest BCUT2D eigenvalue weighted by Crippen LogP contribution is -2.47. The van der Waals surface area contributed by atoms with Gasteiger partial charge in [-0.25, -0.2) is 10.9 Å². The lowest BCUT2D eigenvalue weighted by atomic mass is 10.2. The Morgan fingerprint density at radius 3 is 1.68 bits per heavy atom. The molecule has 0 amide bonds. The minimum atomic E-state index is 0.842. The van der Waals surface area contributed by atoms with Crippen molar-refractivity contribution in [2.24, 2.45) is 0 Å². The van der Waals surface area contributed by atoms with E-state index in [1.54, 1.807) is 0 Å². The van der Waals surface area contributed by atoms with Crippen molar-refractivity contribution in [2.45, 2.75) is 39.3 Å². The first kappa shape index (κ1) is 16.7. The zero-order valence-corrected chi connectivity index (χ0v) is 13.5. The van der Waals surface area contributed by atoms with Gasteiger partial charge in [0.2, 0.25) is 0 Å². The molecular weight excluding hydrogens is 270 g/mol. The van der Waals surface area contributed by atoms with Crippen LogP contribution in [0.3, 0.4) is 0 Å². The van der Waals surface area contributed by atoms with Crippen molar-refractivity contribution in [2.75, 3.05) is 6.54 Å². The summed E-state index contributed by atoms with van der Waals surface area (Å²) in [6.07, 6.45) is 3.70. The molecule has 0 radical (unpaired) electrons. The SMILES string of the molecule is CCCCCN(NCc1ccccc1)NCc1ccccc1. The van der Waals surface area contributed by atoms with Crippen LogP contribution >= 0.6 is 0 Å². The van der Waals surface area contributed by atoms with E-state index in [-0.39, 0.29) is 0 Å². The van der Waals surface area contributed by atoms with Gasteiger partial charge in [-0.3, -0.25) is 0 Å². The first-order valence-electron chi connectivity index (χ1n) is 8.21. The number of nitrogens with zero attached hydrogens (tertiary/aromatic N) is 1. The predicted molar refractivity (Wildman–Crippen MR) is 92.8 cm³/mol. The number of hydrogen-bond acceptors (Lipinski definition) is 3. The molecule has 118 valence electrons. The first-order valence-corrected chi connectivity index (χ1v) is 8.21. The van der Waals surface area contributed by atoms with Gasteiger partial charge in [-0.15, -0.1) is 0 Å². The summed E-state index contributed by atoms with van der Waals surface area (Å²) in [5.74, 6) is 0. The maximum absolute atomic E-state index is 3.49. The van der Waals surface area contributed by atoms with Gasteiger partial charge in [0.25, 0.3) is 0 Å². The average molecular weight is 297 g/mol. The molecule has 0 aliphatic carbocycles. The Bertz CT molecular complexity index is 455. The molecule has 0 aliphatic heterocycles. The molecule has 2 rings (SSSR count). The third-order valence-electron chi connectivity index (χ3n) is 3.62. The van der Waals surface area contributed by atoms with E-state index in [1.165, 1.54) is 30.4 Å². The lowest BCUT2D eigenvalue weighted by Gasteiger charge is -2.24. The van der Waals surface area contributed by atoms with Crippen LogP contribution in [0.4, 0.5) is 0 Å². The highest BCUT2D eigenvalue weighted by molar-refractivity contribution is 5.15. The fraction of sp³-hybridized carbons (Fsp3) is 0.368. The van der Waals surface area contributed by atoms with Gasteiger partial charge in [-0.1, -0.05) is 80.4 Å². The van der Waals surface area contributed by atoms with E-state index in [1.807, 2.05) is 0 Å². The van der Waals surface area contributed by atoms with Crippen LogP contribution in [0.1, 0.15) is 37.3 Å². The van der Waals surface area contributed by atoms with Crippen molar-refractivity contribution < 1.29 is 0 Å². The van der Waals surface area contributed by atoms with Crippen molar-refractivity contribution in [3.63, 3.8) is 0 Å². The monoisotopic (exact) mass is 297 g/mol. The fourth-order valence-electron chi connectivity index (χ4n) is 2.30. The molecule has 0 saturated carbocycles. The molecule has 0 spiro atoms. The quantitative estimate of drug-likeness (QED) is 0.514. The highest BCUT2D eigenvalue weighted by Crippen LogP contribution is 2.01. The van der Waals surface area contributed by atoms with E-state index >= 15 is 0 Å². The van der Waals surface area contributed by atoms with E-state index < -0.39 is 0 Å². The second-order valence-corrected chi connectivity index (χ2v) is 5.50. The van der Waals surface area contributed by atoms with Gasteiger partial charge in [0.05, 0.1) is 0 Å². The summed E-state index contributed by atoms with van der Waals surface area (Å²) in [6, 6.07) is 21.0. The van der Waals surface area contributed by atoms with Crippen LogP contribution in [0, 0.1) is 0 Å². The Balaban J connectivity index is 1.82. The van der Waals surface area contributed by atoms with Gasteiger partial charge in [0.1, 0.15) is 0 Å². The predicted octanol–water partition coefficient (Wildman–Crippen LogP) is 3.89. The summed E-state index contributed by atoms with van der Waals surface area (Å²) >= 11 is 0. The van der Waals surface area contributed by atoms with Crippen molar-refractivity contribution in [3.8, 4) is 0 Å². The molecule has 3 heteroatoms. The Kier molecular flexibility index (Phi) is 7.67. The Labute approximate surface area is 134 Å². The Hall–Kier alpha value is -1.68. The van der Waals surface area contributed by atoms with Crippen LogP contribution in [0.15, 0.2) is 60.7 Å². The van der Waals surface area contributed by atoms with E-state index in [0.717, 1.165) is 19.6 Å². The summed E-state index contributed by atoms with van der Waals surface area (Å²) in [4.78, 5) is 0. The molecule has 0 aliphatic rings. The van der Waals surface area contributed by atoms with Gasteiger partial charge in [0.15, 0.2) is 0 Å². The van der Waals surface area contributed by atoms with Crippen LogP contribution in [-0.2, 0) is 13.1 Å². The molecule has 0 saturated heterocycles. The summed E-state index contributed by atoms with van der Waals surface area (Å²) < 4.78 is 0. The summed E-state index contributed by atoms with van der Waals surface area (Å²) in [5.41, 5.74) is 9.57. The standard InChI is InChI=1S/C19H27N3/c1-2-3-10-15-22(20-16-18-11-6-4-7-12-18)21-17-19-13-8-5-9-14-19/h4-9,11-14,20-21H,2-3,10,15-17H2,1H3. The van der Waals surface area contributed by atoms with Crippen LogP contribution < -0.4 is 10.9 Å². The minimum absolute atomic E-state index is 0.842. The number of rotatable bonds is 10. The van der Waals surface area contributed by atoms with Crippen molar-refractivity contribution in [3.05, 3.63) is 71.8 Å². The summed E-state index contributed by atoms with van der Waals surface area (Å²) in [6.45, 7) is 4.93. The molecule has 2 aromatic carbocycles. The molecule has 0 unspecified atom stereocenters. The zero-order valence-electron chi connectivity index (χ0n) is 13.5. The zero-order chi connectivity index (χ0) is 15.5. The molecule has 2 aromatic rings. The van der Waals surface area contributed by atoms with Crippen LogP contribution in [-0.4, -0.2) is 11.7 Å². The van der Waals surface area contributed by atoms with Crippen molar-refractivity contribution in [1.29, 1.82) is 0 Å². The molecular formula is C19H27N3. The van der Waals surface area contributed by atoms with E-state index in [2.05, 4.69) is 83.6 Å². The number of hydrazine groups is 2. The van der Waals surface area contributed by atoms with E-state index in [9.17, 15) is 0 Å². The van der Waals surface area contributed by atoms with Crippen molar-refractivity contribution in [1.82, 2.24) is 16.0 Å². The van der Waals surface area contributed by atoms with E-state index in [4.69, 9.17) is 0 Å². The van der Waals surface area contributed by atoms with Gasteiger partial charge in [0, 0.05) is 19.6 Å². The largest absolute Gasteiger partial charge is 0.237 e. The number of hydrogen-bond donors (Lipinski definition) is 2. The lowest BCUT2D eigenvalue weighted by molar-refractivity contribution is 0.104. The average Bonchev–Trinajstić information content (AvgIpc) is 2.59. The number of unbranched alkanes of at least 4 members (excludes halogenated alkanes) is 2. The maximum atomic E-state index is 3.49. The molecule has 0 aromatic heterocycles. The summed E-state index contributed by atoms with van der Waals surface area (Å²) in [5, 5.41) is 2.13. The van der Waals surface area contributed by atoms with Gasteiger partial charge >= 0.3 is 0 Å². The van der Waals surface area contributed by atoms with Crippen LogP contribution in [0.25, 0.3) is 0 Å². The second-order valence-electron chi connectivity index (χ2n) is 5.50. The van der Waals surface area contributed by atoms with E-state index in [0.29, 0.717) is 0 Å². The highest BCUT2D eigenvalue weighted by Gasteiger charge is 2.04. The molecule has 0 fully saturated rings. The molecule has 0 atom stereocenters. The number of nitrogens with one attached hydrogen (secondary N) is 2. The van der Waals surface area contributed by atoms with Crippen LogP contribution in [0.5, 0.6) is 0 Å². The maximum Gasteiger partial charge on any atom is 0.0366 e. The summed E-state index contributed by atoms with van der Waals surface area (Å²) in [7, 11) is 0. The molecule has 2 N–H and O–H groups in total. The normalized spacial score (nSPS) is 11.0.